The third-order valence-electron chi connectivity index (χ3n) is 2.54. The molecule has 2 aromatic rings. The van der Waals surface area contributed by atoms with E-state index >= 15 is 0 Å². The normalized spacial score (nSPS) is 11.7. The Kier molecular flexibility index (Phi) is 2.92. The predicted molar refractivity (Wildman–Crippen MR) is 68.8 cm³/mol. The maximum Gasteiger partial charge on any atom is 0.124 e. The van der Waals surface area contributed by atoms with Crippen LogP contribution in [0.1, 0.15) is 20.8 Å². The molecule has 0 aliphatic rings. The Morgan fingerprint density at radius 3 is 2.59 bits per heavy atom. The Morgan fingerprint density at radius 2 is 1.94 bits per heavy atom. The summed E-state index contributed by atoms with van der Waals surface area (Å²) >= 11 is 0. The fourth-order valence-corrected chi connectivity index (χ4v) is 1.87. The van der Waals surface area contributed by atoms with Crippen LogP contribution in [0.2, 0.25) is 0 Å². The highest BCUT2D eigenvalue weighted by Crippen LogP contribution is 2.29. The second-order valence-electron chi connectivity index (χ2n) is 5.48. The molecule has 1 heterocycles. The topological polar surface area (TPSA) is 38.0 Å². The predicted octanol–water partition coefficient (Wildman–Crippen LogP) is 3.30. The number of para-hydroxylation sites is 1. The Labute approximate surface area is 102 Å². The number of imidazole rings is 1. The first-order chi connectivity index (χ1) is 7.97. The maximum absolute atomic E-state index is 9.86. The van der Waals surface area contributed by atoms with Gasteiger partial charge in [-0.05, 0) is 17.5 Å². The van der Waals surface area contributed by atoms with Gasteiger partial charge in [-0.2, -0.15) is 0 Å². The molecule has 0 aliphatic heterocycles. The van der Waals surface area contributed by atoms with Gasteiger partial charge in [0.2, 0.25) is 0 Å². The quantitative estimate of drug-likeness (QED) is 0.859. The Morgan fingerprint density at radius 1 is 1.24 bits per heavy atom. The van der Waals surface area contributed by atoms with E-state index in [1.165, 1.54) is 0 Å². The minimum absolute atomic E-state index is 0.180. The molecule has 2 rings (SSSR count). The summed E-state index contributed by atoms with van der Waals surface area (Å²) in [5.74, 6) is 0.295. The van der Waals surface area contributed by atoms with E-state index < -0.39 is 0 Å². The van der Waals surface area contributed by atoms with Crippen molar-refractivity contribution in [1.82, 2.24) is 9.55 Å². The molecule has 0 saturated heterocycles. The van der Waals surface area contributed by atoms with Gasteiger partial charge in [0.15, 0.2) is 0 Å². The van der Waals surface area contributed by atoms with Gasteiger partial charge in [-0.3, -0.25) is 0 Å². The Bertz CT molecular complexity index is 509. The largest absolute Gasteiger partial charge is 0.507 e. The summed E-state index contributed by atoms with van der Waals surface area (Å²) in [6, 6.07) is 7.35. The molecule has 3 nitrogen and oxygen atoms in total. The van der Waals surface area contributed by atoms with Gasteiger partial charge in [-0.1, -0.05) is 32.9 Å². The zero-order valence-electron chi connectivity index (χ0n) is 10.5. The van der Waals surface area contributed by atoms with Crippen LogP contribution in [0, 0.1) is 5.41 Å². The standard InChI is InChI=1S/C14H18N2O/c1-14(2,3)9-16-10-15-8-12(16)11-6-4-5-7-13(11)17/h4-8,10,17H,9H2,1-3H3. The second kappa shape index (κ2) is 4.24. The first-order valence-corrected chi connectivity index (χ1v) is 5.76. The van der Waals surface area contributed by atoms with E-state index in [0.717, 1.165) is 17.8 Å². The number of phenols is 1. The number of benzene rings is 1. The zero-order chi connectivity index (χ0) is 12.5. The van der Waals surface area contributed by atoms with Gasteiger partial charge >= 0.3 is 0 Å². The van der Waals surface area contributed by atoms with E-state index in [9.17, 15) is 5.11 Å². The fraction of sp³-hybridized carbons (Fsp3) is 0.357. The van der Waals surface area contributed by atoms with E-state index in [4.69, 9.17) is 0 Å². The SMILES string of the molecule is CC(C)(C)Cn1cncc1-c1ccccc1O. The minimum Gasteiger partial charge on any atom is -0.507 e. The molecule has 0 atom stereocenters. The van der Waals surface area contributed by atoms with E-state index in [2.05, 4.69) is 30.3 Å². The lowest BCUT2D eigenvalue weighted by Gasteiger charge is -2.20. The van der Waals surface area contributed by atoms with Gasteiger partial charge in [-0.15, -0.1) is 0 Å². The van der Waals surface area contributed by atoms with Crippen molar-refractivity contribution in [3.05, 3.63) is 36.8 Å². The zero-order valence-corrected chi connectivity index (χ0v) is 10.5. The van der Waals surface area contributed by atoms with Crippen LogP contribution in [0.3, 0.4) is 0 Å². The molecule has 90 valence electrons. The average Bonchev–Trinajstić information content (AvgIpc) is 2.64. The number of hydrogen-bond acceptors (Lipinski definition) is 2. The monoisotopic (exact) mass is 230 g/mol. The summed E-state index contributed by atoms with van der Waals surface area (Å²) in [4.78, 5) is 4.18. The minimum atomic E-state index is 0.180. The number of rotatable bonds is 2. The first-order valence-electron chi connectivity index (χ1n) is 5.76. The summed E-state index contributed by atoms with van der Waals surface area (Å²) in [6.07, 6.45) is 3.60. The van der Waals surface area contributed by atoms with Crippen molar-refractivity contribution in [3.63, 3.8) is 0 Å². The smallest absolute Gasteiger partial charge is 0.124 e. The number of phenolic OH excluding ortho intramolecular Hbond substituents is 1. The van der Waals surface area contributed by atoms with Crippen LogP contribution in [0.4, 0.5) is 0 Å². The number of nitrogens with zero attached hydrogens (tertiary/aromatic N) is 2. The molecule has 3 heteroatoms. The molecule has 0 fully saturated rings. The summed E-state index contributed by atoms with van der Waals surface area (Å²) in [6.45, 7) is 7.42. The van der Waals surface area contributed by atoms with Crippen molar-refractivity contribution in [2.24, 2.45) is 5.41 Å². The Hall–Kier alpha value is -1.77. The third-order valence-corrected chi connectivity index (χ3v) is 2.54. The molecule has 0 radical (unpaired) electrons. The van der Waals surface area contributed by atoms with Crippen molar-refractivity contribution in [2.75, 3.05) is 0 Å². The lowest BCUT2D eigenvalue weighted by Crippen LogP contribution is -2.15. The van der Waals surface area contributed by atoms with E-state index in [1.807, 2.05) is 24.5 Å². The lowest BCUT2D eigenvalue weighted by molar-refractivity contribution is 0.345. The van der Waals surface area contributed by atoms with Crippen LogP contribution in [0.25, 0.3) is 11.3 Å². The summed E-state index contributed by atoms with van der Waals surface area (Å²) in [5.41, 5.74) is 1.96. The summed E-state index contributed by atoms with van der Waals surface area (Å²) < 4.78 is 2.08. The van der Waals surface area contributed by atoms with Crippen LogP contribution >= 0.6 is 0 Å². The van der Waals surface area contributed by atoms with Crippen LogP contribution in [0.5, 0.6) is 5.75 Å². The van der Waals surface area contributed by atoms with E-state index in [1.54, 1.807) is 12.3 Å². The van der Waals surface area contributed by atoms with Crippen LogP contribution in [-0.4, -0.2) is 14.7 Å². The summed E-state index contributed by atoms with van der Waals surface area (Å²) in [7, 11) is 0. The molecule has 17 heavy (non-hydrogen) atoms. The highest BCUT2D eigenvalue weighted by molar-refractivity contribution is 5.66. The lowest BCUT2D eigenvalue weighted by atomic mass is 9.96. The number of aromatic nitrogens is 2. The molecule has 0 spiro atoms. The van der Waals surface area contributed by atoms with Gasteiger partial charge in [0, 0.05) is 12.1 Å². The van der Waals surface area contributed by atoms with E-state index in [0.29, 0.717) is 5.75 Å². The van der Waals surface area contributed by atoms with Gasteiger partial charge in [0.05, 0.1) is 18.2 Å². The van der Waals surface area contributed by atoms with Crippen molar-refractivity contribution in [2.45, 2.75) is 27.3 Å². The van der Waals surface area contributed by atoms with Crippen molar-refractivity contribution >= 4 is 0 Å². The average molecular weight is 230 g/mol. The van der Waals surface area contributed by atoms with Crippen LogP contribution in [0.15, 0.2) is 36.8 Å². The fourth-order valence-electron chi connectivity index (χ4n) is 1.87. The van der Waals surface area contributed by atoms with Gasteiger partial charge in [-0.25, -0.2) is 4.98 Å². The Balaban J connectivity index is 2.41. The molecule has 0 aliphatic carbocycles. The molecule has 0 bridgehead atoms. The molecule has 1 aromatic carbocycles. The molecule has 0 amide bonds. The first kappa shape index (κ1) is 11.7. The molecule has 0 unspecified atom stereocenters. The maximum atomic E-state index is 9.86. The van der Waals surface area contributed by atoms with Crippen molar-refractivity contribution < 1.29 is 5.11 Å². The third kappa shape index (κ3) is 2.67. The van der Waals surface area contributed by atoms with Gasteiger partial charge < -0.3 is 9.67 Å². The second-order valence-corrected chi connectivity index (χ2v) is 5.48. The van der Waals surface area contributed by atoms with Crippen LogP contribution < -0.4 is 0 Å². The van der Waals surface area contributed by atoms with Crippen molar-refractivity contribution in [3.8, 4) is 17.0 Å². The van der Waals surface area contributed by atoms with Gasteiger partial charge in [0.1, 0.15) is 5.75 Å². The number of hydrogen-bond donors (Lipinski definition) is 1. The highest BCUT2D eigenvalue weighted by atomic mass is 16.3. The van der Waals surface area contributed by atoms with Crippen LogP contribution in [-0.2, 0) is 6.54 Å². The molecule has 1 aromatic heterocycles. The van der Waals surface area contributed by atoms with E-state index in [-0.39, 0.29) is 5.41 Å². The molecular weight excluding hydrogens is 212 g/mol. The molecule has 0 saturated carbocycles. The highest BCUT2D eigenvalue weighted by Gasteiger charge is 2.15. The summed E-state index contributed by atoms with van der Waals surface area (Å²) in [5, 5.41) is 9.86. The number of aromatic hydroxyl groups is 1. The molecule has 1 N–H and O–H groups in total. The van der Waals surface area contributed by atoms with Gasteiger partial charge in [0.25, 0.3) is 0 Å². The molecular formula is C14H18N2O. The van der Waals surface area contributed by atoms with Crippen molar-refractivity contribution in [1.29, 1.82) is 0 Å².